The third kappa shape index (κ3) is 1.48. The number of rotatable bonds is 2. The third-order valence-electron chi connectivity index (χ3n) is 3.53. The number of H-pyrrole nitrogens is 1. The van der Waals surface area contributed by atoms with E-state index in [9.17, 15) is 0 Å². The predicted octanol–water partition coefficient (Wildman–Crippen LogP) is 1.95. The normalized spacial score (nSPS) is 20.8. The summed E-state index contributed by atoms with van der Waals surface area (Å²) in [5.41, 5.74) is 8.27. The molecule has 1 aliphatic rings. The van der Waals surface area contributed by atoms with Gasteiger partial charge in [0.25, 0.3) is 0 Å². The smallest absolute Gasteiger partial charge is 0.0624 e. The summed E-state index contributed by atoms with van der Waals surface area (Å²) in [7, 11) is 0. The monoisotopic (exact) mass is 215 g/mol. The Hall–Kier alpha value is -1.48. The van der Waals surface area contributed by atoms with Crippen molar-refractivity contribution in [3.8, 4) is 0 Å². The Balaban J connectivity index is 1.95. The van der Waals surface area contributed by atoms with Gasteiger partial charge in [0.2, 0.25) is 0 Å². The van der Waals surface area contributed by atoms with Gasteiger partial charge >= 0.3 is 0 Å². The maximum atomic E-state index is 5.73. The Labute approximate surface area is 95.2 Å². The fraction of sp³-hybridized carbons (Fsp3) is 0.385. The molecule has 3 nitrogen and oxygen atoms in total. The highest BCUT2D eigenvalue weighted by Gasteiger charge is 2.22. The number of fused-ring (bicyclic) bond motifs is 1. The summed E-state index contributed by atoms with van der Waals surface area (Å²) in [6.07, 6.45) is 3.33. The molecule has 1 atom stereocenters. The van der Waals surface area contributed by atoms with Gasteiger partial charge in [0.15, 0.2) is 0 Å². The van der Waals surface area contributed by atoms with Gasteiger partial charge < -0.3 is 15.6 Å². The van der Waals surface area contributed by atoms with E-state index in [1.165, 1.54) is 23.0 Å². The van der Waals surface area contributed by atoms with Crippen molar-refractivity contribution in [1.82, 2.24) is 4.98 Å². The maximum Gasteiger partial charge on any atom is 0.0624 e. The van der Waals surface area contributed by atoms with Crippen LogP contribution >= 0.6 is 0 Å². The summed E-state index contributed by atoms with van der Waals surface area (Å²) in [6.45, 7) is 3.03. The number of nitrogens with two attached hydrogens (primary N) is 1. The summed E-state index contributed by atoms with van der Waals surface area (Å²) in [5, 5.41) is 1.32. The summed E-state index contributed by atoms with van der Waals surface area (Å²) >= 11 is 0. The number of aromatic nitrogens is 1. The first-order chi connectivity index (χ1) is 7.88. The van der Waals surface area contributed by atoms with Crippen LogP contribution in [0.25, 0.3) is 10.9 Å². The largest absolute Gasteiger partial charge is 0.369 e. The van der Waals surface area contributed by atoms with Gasteiger partial charge in [0.05, 0.1) is 5.69 Å². The van der Waals surface area contributed by atoms with Gasteiger partial charge in [-0.25, -0.2) is 0 Å². The summed E-state index contributed by atoms with van der Waals surface area (Å²) in [6, 6.07) is 8.46. The number of aromatic amines is 1. The lowest BCUT2D eigenvalue weighted by Crippen LogP contribution is -2.22. The molecule has 1 aromatic heterocycles. The molecule has 16 heavy (non-hydrogen) atoms. The van der Waals surface area contributed by atoms with Crippen LogP contribution < -0.4 is 10.6 Å². The minimum Gasteiger partial charge on any atom is -0.369 e. The molecule has 1 aromatic carbocycles. The zero-order chi connectivity index (χ0) is 11.0. The van der Waals surface area contributed by atoms with E-state index in [1.807, 2.05) is 0 Å². The molecule has 0 amide bonds. The molecule has 2 heterocycles. The Morgan fingerprint density at radius 2 is 2.25 bits per heavy atom. The molecular weight excluding hydrogens is 198 g/mol. The lowest BCUT2D eigenvalue weighted by Gasteiger charge is -2.17. The molecular formula is C13H17N3. The molecule has 1 unspecified atom stereocenters. The molecule has 0 bridgehead atoms. The second-order valence-corrected chi connectivity index (χ2v) is 4.56. The van der Waals surface area contributed by atoms with Gasteiger partial charge in [-0.1, -0.05) is 18.2 Å². The minimum atomic E-state index is 0.661. The maximum absolute atomic E-state index is 5.73. The van der Waals surface area contributed by atoms with E-state index in [4.69, 9.17) is 5.73 Å². The number of hydrogen-bond acceptors (Lipinski definition) is 2. The molecule has 0 radical (unpaired) electrons. The highest BCUT2D eigenvalue weighted by molar-refractivity contribution is 5.92. The number of anilines is 1. The van der Waals surface area contributed by atoms with Crippen molar-refractivity contribution in [2.45, 2.75) is 6.42 Å². The quantitative estimate of drug-likeness (QED) is 0.804. The van der Waals surface area contributed by atoms with Crippen molar-refractivity contribution >= 4 is 16.6 Å². The van der Waals surface area contributed by atoms with Crippen molar-refractivity contribution in [2.24, 2.45) is 11.7 Å². The Morgan fingerprint density at radius 3 is 3.06 bits per heavy atom. The van der Waals surface area contributed by atoms with Gasteiger partial charge in [-0.3, -0.25) is 0 Å². The lowest BCUT2D eigenvalue weighted by molar-refractivity contribution is 0.603. The molecule has 3 rings (SSSR count). The second-order valence-electron chi connectivity index (χ2n) is 4.56. The van der Waals surface area contributed by atoms with E-state index in [0.29, 0.717) is 5.92 Å². The zero-order valence-corrected chi connectivity index (χ0v) is 9.32. The van der Waals surface area contributed by atoms with Gasteiger partial charge in [-0.15, -0.1) is 0 Å². The zero-order valence-electron chi connectivity index (χ0n) is 9.32. The third-order valence-corrected chi connectivity index (χ3v) is 3.53. The first-order valence-electron chi connectivity index (χ1n) is 5.89. The van der Waals surface area contributed by atoms with Gasteiger partial charge in [0.1, 0.15) is 0 Å². The number of hydrogen-bond donors (Lipinski definition) is 2. The van der Waals surface area contributed by atoms with Crippen LogP contribution in [0.4, 0.5) is 5.69 Å². The predicted molar refractivity (Wildman–Crippen MR) is 67.7 cm³/mol. The van der Waals surface area contributed by atoms with E-state index in [0.717, 1.165) is 19.6 Å². The first-order valence-corrected chi connectivity index (χ1v) is 5.89. The van der Waals surface area contributed by atoms with Crippen molar-refractivity contribution < 1.29 is 0 Å². The minimum absolute atomic E-state index is 0.661. The molecule has 1 aliphatic heterocycles. The summed E-state index contributed by atoms with van der Waals surface area (Å²) in [5.74, 6) is 0.661. The van der Waals surface area contributed by atoms with E-state index < -0.39 is 0 Å². The molecule has 84 valence electrons. The first kappa shape index (κ1) is 9.73. The number of benzene rings is 1. The molecule has 0 aliphatic carbocycles. The molecule has 0 saturated carbocycles. The van der Waals surface area contributed by atoms with E-state index >= 15 is 0 Å². The molecule has 3 N–H and O–H groups in total. The van der Waals surface area contributed by atoms with Gasteiger partial charge in [0, 0.05) is 30.2 Å². The van der Waals surface area contributed by atoms with Crippen LogP contribution in [0.15, 0.2) is 30.5 Å². The highest BCUT2D eigenvalue weighted by atomic mass is 15.2. The van der Waals surface area contributed by atoms with Crippen LogP contribution in [0, 0.1) is 5.92 Å². The topological polar surface area (TPSA) is 45.0 Å². The van der Waals surface area contributed by atoms with Crippen LogP contribution in [-0.4, -0.2) is 24.6 Å². The molecule has 2 aromatic rings. The van der Waals surface area contributed by atoms with Gasteiger partial charge in [-0.2, -0.15) is 0 Å². The summed E-state index contributed by atoms with van der Waals surface area (Å²) < 4.78 is 0. The molecule has 1 saturated heterocycles. The van der Waals surface area contributed by atoms with Crippen LogP contribution in [0.2, 0.25) is 0 Å². The average Bonchev–Trinajstić information content (AvgIpc) is 2.94. The Morgan fingerprint density at radius 1 is 1.38 bits per heavy atom. The van der Waals surface area contributed by atoms with E-state index in [-0.39, 0.29) is 0 Å². The van der Waals surface area contributed by atoms with Crippen LogP contribution in [0.1, 0.15) is 6.42 Å². The Kier molecular flexibility index (Phi) is 2.33. The van der Waals surface area contributed by atoms with Gasteiger partial charge in [-0.05, 0) is 24.9 Å². The Bertz CT molecular complexity index is 489. The standard InChI is InChI=1S/C13H17N3/c14-7-10-5-6-16(9-10)13-8-15-12-4-2-1-3-11(12)13/h1-4,8,10,15H,5-7,9,14H2. The number of nitrogens with zero attached hydrogens (tertiary/aromatic N) is 1. The van der Waals surface area contributed by atoms with Crippen LogP contribution in [0.5, 0.6) is 0 Å². The van der Waals surface area contributed by atoms with Crippen LogP contribution in [0.3, 0.4) is 0 Å². The average molecular weight is 215 g/mol. The van der Waals surface area contributed by atoms with E-state index in [1.54, 1.807) is 0 Å². The lowest BCUT2D eigenvalue weighted by atomic mass is 10.1. The molecule has 1 fully saturated rings. The fourth-order valence-corrected chi connectivity index (χ4v) is 2.56. The van der Waals surface area contributed by atoms with Crippen LogP contribution in [-0.2, 0) is 0 Å². The van der Waals surface area contributed by atoms with Crippen molar-refractivity contribution in [3.05, 3.63) is 30.5 Å². The van der Waals surface area contributed by atoms with Crippen molar-refractivity contribution in [1.29, 1.82) is 0 Å². The molecule has 3 heteroatoms. The van der Waals surface area contributed by atoms with E-state index in [2.05, 4.69) is 40.3 Å². The van der Waals surface area contributed by atoms with Crippen molar-refractivity contribution in [3.63, 3.8) is 0 Å². The second kappa shape index (κ2) is 3.83. The number of nitrogens with one attached hydrogen (secondary N) is 1. The number of para-hydroxylation sites is 1. The molecule has 0 spiro atoms. The SMILES string of the molecule is NCC1CCN(c2c[nH]c3ccccc23)C1. The summed E-state index contributed by atoms with van der Waals surface area (Å²) in [4.78, 5) is 5.77. The van der Waals surface area contributed by atoms with Crippen molar-refractivity contribution in [2.75, 3.05) is 24.5 Å². The highest BCUT2D eigenvalue weighted by Crippen LogP contribution is 2.30. The fourth-order valence-electron chi connectivity index (χ4n) is 2.56.